The minimum Gasteiger partial charge on any atom is -0.490 e. The van der Waals surface area contributed by atoms with Gasteiger partial charge in [0, 0.05) is 50.6 Å². The molecule has 2 aliphatic heterocycles. The predicted octanol–water partition coefficient (Wildman–Crippen LogP) is 4.69. The Kier molecular flexibility index (Phi) is 8.52. The molecule has 6 rings (SSSR count). The minimum absolute atomic E-state index is 0.147. The first-order chi connectivity index (χ1) is 20.4. The van der Waals surface area contributed by atoms with Gasteiger partial charge in [-0.05, 0) is 104 Å². The summed E-state index contributed by atoms with van der Waals surface area (Å²) in [5.74, 6) is 4.94. The maximum absolute atomic E-state index is 13.3. The van der Waals surface area contributed by atoms with Crippen LogP contribution in [0.5, 0.6) is 5.75 Å². The molecule has 0 radical (unpaired) electrons. The van der Waals surface area contributed by atoms with Gasteiger partial charge in [0.25, 0.3) is 5.91 Å². The van der Waals surface area contributed by atoms with Gasteiger partial charge in [-0.2, -0.15) is 0 Å². The summed E-state index contributed by atoms with van der Waals surface area (Å²) in [5, 5.41) is 0.734. The summed E-state index contributed by atoms with van der Waals surface area (Å²) in [7, 11) is -6.21. The van der Waals surface area contributed by atoms with Crippen LogP contribution < -0.4 is 19.1 Å². The van der Waals surface area contributed by atoms with Gasteiger partial charge in [-0.25, -0.2) is 17.3 Å². The summed E-state index contributed by atoms with van der Waals surface area (Å²) < 4.78 is 50.2. The number of fused-ring (bicyclic) bond motifs is 4. The molecule has 1 spiro atoms. The molecule has 43 heavy (non-hydrogen) atoms. The van der Waals surface area contributed by atoms with E-state index in [-0.39, 0.29) is 23.1 Å². The zero-order valence-electron chi connectivity index (χ0n) is 24.8. The highest BCUT2D eigenvalue weighted by molar-refractivity contribution is 7.99. The molecule has 2 bridgehead atoms. The molecule has 1 fully saturated rings. The van der Waals surface area contributed by atoms with Crippen molar-refractivity contribution in [2.75, 3.05) is 36.6 Å². The Balaban J connectivity index is 1.41. The number of nitrogens with one attached hydrogen (secondary N) is 2. The molecule has 234 valence electrons. The van der Waals surface area contributed by atoms with Crippen molar-refractivity contribution in [3.63, 3.8) is 0 Å². The zero-order valence-corrected chi connectivity index (χ0v) is 27.2. The van der Waals surface area contributed by atoms with Gasteiger partial charge < -0.3 is 9.64 Å². The highest BCUT2D eigenvalue weighted by atomic mass is 35.5. The van der Waals surface area contributed by atoms with Gasteiger partial charge in [0.15, 0.2) is 0 Å². The van der Waals surface area contributed by atoms with Crippen LogP contribution in [0, 0.1) is 11.8 Å². The number of nitrogens with zero attached hydrogens (tertiary/aromatic N) is 1. The summed E-state index contributed by atoms with van der Waals surface area (Å²) in [5.41, 5.74) is 3.52. The number of carbonyl (C=O) groups excluding carboxylic acids is 1. The second-order valence-corrected chi connectivity index (χ2v) is 17.5. The molecule has 5 atom stereocenters. The van der Waals surface area contributed by atoms with Crippen LogP contribution in [-0.4, -0.2) is 62.2 Å². The number of anilines is 1. The third-order valence-electron chi connectivity index (χ3n) is 9.88. The van der Waals surface area contributed by atoms with Crippen molar-refractivity contribution in [2.24, 2.45) is 11.8 Å². The molecular formula is C32H42ClN3O5S2. The van der Waals surface area contributed by atoms with Crippen molar-refractivity contribution in [3.05, 3.63) is 58.1 Å². The van der Waals surface area contributed by atoms with Gasteiger partial charge in [0.2, 0.25) is 10.0 Å². The van der Waals surface area contributed by atoms with Gasteiger partial charge >= 0.3 is 0 Å². The number of halogens is 1. The highest BCUT2D eigenvalue weighted by Crippen LogP contribution is 2.47. The third-order valence-corrected chi connectivity index (χ3v) is 12.4. The third kappa shape index (κ3) is 6.72. The summed E-state index contributed by atoms with van der Waals surface area (Å²) in [6.45, 7) is 1.94. The Hall–Kier alpha value is -2.27. The number of carbonyl (C=O) groups is 1. The Labute approximate surface area is 261 Å². The molecular weight excluding hydrogens is 606 g/mol. The Morgan fingerprint density at radius 2 is 1.95 bits per heavy atom. The summed E-state index contributed by atoms with van der Waals surface area (Å²) >= 11 is 6.40. The summed E-state index contributed by atoms with van der Waals surface area (Å²) in [4.78, 5) is 15.7. The lowest BCUT2D eigenvalue weighted by Gasteiger charge is -2.46. The maximum atomic E-state index is 13.3. The van der Waals surface area contributed by atoms with Crippen molar-refractivity contribution in [3.8, 4) is 5.75 Å². The number of benzene rings is 2. The SMILES string of the molecule is C=S1(=O)CCCCC[C@H](NS(C)(=O)=O)[C@@H]2CC[C@H]2CN2C[C@@]3(CCCc4cc(Cl)ccc43)COc3ccc(cc32)C(=O)N1. The second kappa shape index (κ2) is 11.9. The monoisotopic (exact) mass is 647 g/mol. The molecule has 2 heterocycles. The number of hydrogen-bond donors (Lipinski definition) is 2. The van der Waals surface area contributed by atoms with Crippen molar-refractivity contribution >= 4 is 48.8 Å². The first-order valence-corrected chi connectivity index (χ1v) is 19.5. The highest BCUT2D eigenvalue weighted by Gasteiger charge is 2.44. The minimum atomic E-state index is -3.38. The van der Waals surface area contributed by atoms with Crippen LogP contribution in [0.25, 0.3) is 0 Å². The molecule has 2 aromatic carbocycles. The first-order valence-electron chi connectivity index (χ1n) is 15.4. The van der Waals surface area contributed by atoms with E-state index in [1.807, 2.05) is 18.2 Å². The largest absolute Gasteiger partial charge is 0.490 e. The smallest absolute Gasteiger partial charge is 0.262 e. The number of rotatable bonds is 2. The van der Waals surface area contributed by atoms with E-state index in [1.54, 1.807) is 6.07 Å². The van der Waals surface area contributed by atoms with Gasteiger partial charge in [-0.15, -0.1) is 0 Å². The maximum Gasteiger partial charge on any atom is 0.262 e. The zero-order chi connectivity index (χ0) is 30.4. The van der Waals surface area contributed by atoms with Crippen LogP contribution in [0.1, 0.15) is 72.9 Å². The van der Waals surface area contributed by atoms with Crippen molar-refractivity contribution < 1.29 is 22.2 Å². The number of aryl methyl sites for hydroxylation is 1. The lowest BCUT2D eigenvalue weighted by Crippen LogP contribution is -2.52. The van der Waals surface area contributed by atoms with E-state index in [1.165, 1.54) is 17.4 Å². The van der Waals surface area contributed by atoms with E-state index in [2.05, 4.69) is 32.3 Å². The topological polar surface area (TPSA) is 105 Å². The van der Waals surface area contributed by atoms with Crippen LogP contribution in [0.2, 0.25) is 5.02 Å². The fourth-order valence-corrected chi connectivity index (χ4v) is 9.95. The Morgan fingerprint density at radius 1 is 1.12 bits per heavy atom. The molecule has 2 aliphatic carbocycles. The van der Waals surface area contributed by atoms with Crippen LogP contribution in [0.3, 0.4) is 0 Å². The Morgan fingerprint density at radius 3 is 2.72 bits per heavy atom. The number of sulfonamides is 1. The van der Waals surface area contributed by atoms with E-state index in [0.29, 0.717) is 36.8 Å². The van der Waals surface area contributed by atoms with Crippen molar-refractivity contribution in [1.82, 2.24) is 9.44 Å². The number of ether oxygens (including phenoxy) is 1. The van der Waals surface area contributed by atoms with Crippen molar-refractivity contribution in [2.45, 2.75) is 69.2 Å². The van der Waals surface area contributed by atoms with Gasteiger partial charge in [0.1, 0.15) is 5.75 Å². The fraction of sp³-hybridized carbons (Fsp3) is 0.562. The average Bonchev–Trinajstić information content (AvgIpc) is 3.06. The van der Waals surface area contributed by atoms with Gasteiger partial charge in [0.05, 0.1) is 18.6 Å². The van der Waals surface area contributed by atoms with E-state index in [4.69, 9.17) is 16.3 Å². The molecule has 0 aromatic heterocycles. The molecule has 8 nitrogen and oxygen atoms in total. The lowest BCUT2D eigenvalue weighted by molar-refractivity contribution is 0.0982. The average molecular weight is 648 g/mol. The molecule has 1 unspecified atom stereocenters. The quantitative estimate of drug-likeness (QED) is 0.459. The summed E-state index contributed by atoms with van der Waals surface area (Å²) in [6, 6.07) is 11.5. The van der Waals surface area contributed by atoms with E-state index >= 15 is 0 Å². The van der Waals surface area contributed by atoms with Crippen LogP contribution in [-0.2, 0) is 31.6 Å². The summed E-state index contributed by atoms with van der Waals surface area (Å²) in [6.07, 6.45) is 9.15. The standard InChI is InChI=1S/C32H42ClN3O5S2/c1-42(38)16-5-3-4-8-28(34-43(2,39)40)26-12-9-24(26)19-36-20-32(15-6-7-22-17-25(33)11-13-27(22)32)21-41-30-14-10-23(18-29(30)36)31(37)35-42/h10-11,13-14,17-18,24,26,28,34H,1,3-9,12,15-16,19-21H2,2H3,(H,35,37,38)/t24-,26+,28-,32-,42?/m0/s1. The van der Waals surface area contributed by atoms with Crippen LogP contribution in [0.4, 0.5) is 5.69 Å². The van der Waals surface area contributed by atoms with Gasteiger partial charge in [-0.3, -0.25) is 9.52 Å². The molecule has 0 saturated heterocycles. The molecule has 4 aliphatic rings. The van der Waals surface area contributed by atoms with E-state index in [0.717, 1.165) is 68.6 Å². The molecule has 1 amide bonds. The fourth-order valence-electron chi connectivity index (χ4n) is 7.68. The molecule has 2 N–H and O–H groups in total. The Bertz CT molecular complexity index is 1610. The number of amides is 1. The first kappa shape index (κ1) is 30.7. The van der Waals surface area contributed by atoms with Crippen LogP contribution in [0.15, 0.2) is 36.4 Å². The normalized spacial score (nSPS) is 31.5. The van der Waals surface area contributed by atoms with Crippen molar-refractivity contribution in [1.29, 1.82) is 0 Å². The predicted molar refractivity (Wildman–Crippen MR) is 174 cm³/mol. The van der Waals surface area contributed by atoms with E-state index in [9.17, 15) is 17.4 Å². The number of hydrogen-bond acceptors (Lipinski definition) is 6. The van der Waals surface area contributed by atoms with Crippen LogP contribution >= 0.6 is 11.6 Å². The molecule has 11 heteroatoms. The molecule has 1 saturated carbocycles. The molecule has 2 aromatic rings. The van der Waals surface area contributed by atoms with E-state index < -0.39 is 25.6 Å². The van der Waals surface area contributed by atoms with Gasteiger partial charge in [-0.1, -0.05) is 30.5 Å². The lowest BCUT2D eigenvalue weighted by atomic mass is 9.67. The second-order valence-electron chi connectivity index (χ2n) is 13.1.